The lowest BCUT2D eigenvalue weighted by atomic mass is 10.3. The Morgan fingerprint density at radius 1 is 1.14 bits per heavy atom. The number of nitrogens with two attached hydrogens (primary N) is 1. The average Bonchev–Trinajstić information content (AvgIpc) is 3.04. The van der Waals surface area contributed by atoms with E-state index in [2.05, 4.69) is 15.2 Å². The van der Waals surface area contributed by atoms with E-state index in [-0.39, 0.29) is 5.16 Å². The summed E-state index contributed by atoms with van der Waals surface area (Å²) in [7, 11) is -2.20. The minimum Gasteiger partial charge on any atom is -0.340 e. The Morgan fingerprint density at radius 3 is 2.43 bits per heavy atom. The van der Waals surface area contributed by atoms with Crippen LogP contribution in [0.1, 0.15) is 0 Å². The Hall–Kier alpha value is -2.52. The summed E-state index contributed by atoms with van der Waals surface area (Å²) in [5.41, 5.74) is 1.09. The van der Waals surface area contributed by atoms with Crippen molar-refractivity contribution < 1.29 is 8.42 Å². The van der Waals surface area contributed by atoms with Crippen LogP contribution >= 0.6 is 0 Å². The van der Waals surface area contributed by atoms with Gasteiger partial charge in [0.25, 0.3) is 15.2 Å². The first-order valence-electron chi connectivity index (χ1n) is 5.99. The lowest BCUT2D eigenvalue weighted by molar-refractivity contribution is 0.585. The minimum atomic E-state index is -4.01. The smallest absolute Gasteiger partial charge is 0.274 e. The van der Waals surface area contributed by atoms with E-state index in [1.165, 1.54) is 4.57 Å². The minimum absolute atomic E-state index is 0.311. The molecule has 1 aromatic carbocycles. The van der Waals surface area contributed by atoms with Gasteiger partial charge in [-0.25, -0.2) is 18.5 Å². The highest BCUT2D eigenvalue weighted by Gasteiger charge is 2.24. The molecule has 2 aromatic heterocycles. The van der Waals surface area contributed by atoms with Gasteiger partial charge in [-0.2, -0.15) is 0 Å². The van der Waals surface area contributed by atoms with E-state index in [0.29, 0.717) is 17.2 Å². The molecule has 2 heterocycles. The predicted molar refractivity (Wildman–Crippen MR) is 74.9 cm³/mol. The van der Waals surface area contributed by atoms with Crippen molar-refractivity contribution in [3.63, 3.8) is 0 Å². The van der Waals surface area contributed by atoms with Gasteiger partial charge in [0.15, 0.2) is 5.82 Å². The van der Waals surface area contributed by atoms with Crippen molar-refractivity contribution in [3.8, 4) is 17.2 Å². The molecule has 0 saturated heterocycles. The Bertz CT molecular complexity index is 882. The Morgan fingerprint density at radius 2 is 1.86 bits per heavy atom. The Labute approximate surface area is 120 Å². The molecule has 0 atom stereocenters. The van der Waals surface area contributed by atoms with Crippen LogP contribution in [0.25, 0.3) is 17.2 Å². The molecule has 0 aliphatic carbocycles. The maximum atomic E-state index is 11.7. The first-order valence-corrected chi connectivity index (χ1v) is 7.53. The fraction of sp³-hybridized carbons (Fsp3) is 0.0833. The van der Waals surface area contributed by atoms with Crippen LogP contribution in [0, 0.1) is 0 Å². The SMILES string of the molecule is Cn1cnc(-c2nnc(S(N)(=O)=O)n2-c2ccccc2)c1. The van der Waals surface area contributed by atoms with E-state index < -0.39 is 10.0 Å². The molecule has 2 N–H and O–H groups in total. The molecule has 0 radical (unpaired) electrons. The molecule has 21 heavy (non-hydrogen) atoms. The fourth-order valence-electron chi connectivity index (χ4n) is 1.96. The van der Waals surface area contributed by atoms with Crippen LogP contribution in [0.5, 0.6) is 0 Å². The molecule has 0 bridgehead atoms. The van der Waals surface area contributed by atoms with Gasteiger partial charge in [0.1, 0.15) is 5.69 Å². The maximum absolute atomic E-state index is 11.7. The van der Waals surface area contributed by atoms with Crippen LogP contribution in [-0.4, -0.2) is 32.7 Å². The van der Waals surface area contributed by atoms with Crippen molar-refractivity contribution in [2.24, 2.45) is 12.2 Å². The molecule has 0 unspecified atom stereocenters. The van der Waals surface area contributed by atoms with Crippen LogP contribution in [0.15, 0.2) is 48.0 Å². The van der Waals surface area contributed by atoms with Crippen LogP contribution in [-0.2, 0) is 17.1 Å². The van der Waals surface area contributed by atoms with E-state index in [1.54, 1.807) is 48.4 Å². The summed E-state index contributed by atoms with van der Waals surface area (Å²) in [6.07, 6.45) is 3.31. The third-order valence-electron chi connectivity index (χ3n) is 2.84. The maximum Gasteiger partial charge on any atom is 0.274 e. The van der Waals surface area contributed by atoms with Crippen molar-refractivity contribution in [2.45, 2.75) is 5.16 Å². The van der Waals surface area contributed by atoms with Crippen LogP contribution < -0.4 is 5.14 Å². The molecule has 0 amide bonds. The molecular weight excluding hydrogens is 292 g/mol. The van der Waals surface area contributed by atoms with Gasteiger partial charge in [-0.05, 0) is 12.1 Å². The molecule has 0 aliphatic rings. The molecule has 3 rings (SSSR count). The van der Waals surface area contributed by atoms with E-state index in [9.17, 15) is 8.42 Å². The Kier molecular flexibility index (Phi) is 3.07. The number of aryl methyl sites for hydroxylation is 1. The summed E-state index contributed by atoms with van der Waals surface area (Å²) in [4.78, 5) is 4.17. The van der Waals surface area contributed by atoms with Crippen molar-refractivity contribution >= 4 is 10.0 Å². The number of imidazole rings is 1. The lowest BCUT2D eigenvalue weighted by Gasteiger charge is -2.07. The van der Waals surface area contributed by atoms with Crippen LogP contribution in [0.3, 0.4) is 0 Å². The van der Waals surface area contributed by atoms with Gasteiger partial charge in [0.2, 0.25) is 0 Å². The summed E-state index contributed by atoms with van der Waals surface area (Å²) in [5.74, 6) is 0.311. The van der Waals surface area contributed by atoms with Crippen molar-refractivity contribution in [1.29, 1.82) is 0 Å². The molecule has 0 fully saturated rings. The number of para-hydroxylation sites is 1. The summed E-state index contributed by atoms with van der Waals surface area (Å²) in [6.45, 7) is 0. The van der Waals surface area contributed by atoms with Gasteiger partial charge in [-0.1, -0.05) is 18.2 Å². The van der Waals surface area contributed by atoms with Gasteiger partial charge in [0, 0.05) is 13.2 Å². The largest absolute Gasteiger partial charge is 0.340 e. The van der Waals surface area contributed by atoms with Gasteiger partial charge < -0.3 is 4.57 Å². The molecule has 0 saturated carbocycles. The van der Waals surface area contributed by atoms with Crippen LogP contribution in [0.4, 0.5) is 0 Å². The van der Waals surface area contributed by atoms with Gasteiger partial charge in [-0.15, -0.1) is 10.2 Å². The van der Waals surface area contributed by atoms with Gasteiger partial charge in [-0.3, -0.25) is 4.57 Å². The quantitative estimate of drug-likeness (QED) is 0.749. The molecule has 8 nitrogen and oxygen atoms in total. The first kappa shape index (κ1) is 13.5. The number of hydrogen-bond donors (Lipinski definition) is 1. The molecule has 0 aliphatic heterocycles. The molecule has 108 valence electrons. The zero-order chi connectivity index (χ0) is 15.0. The molecule has 9 heteroatoms. The van der Waals surface area contributed by atoms with E-state index in [0.717, 1.165) is 0 Å². The molecule has 0 spiro atoms. The third-order valence-corrected chi connectivity index (χ3v) is 3.61. The second kappa shape index (κ2) is 4.79. The van der Waals surface area contributed by atoms with Crippen molar-refractivity contribution in [3.05, 3.63) is 42.9 Å². The predicted octanol–water partition coefficient (Wildman–Crippen LogP) is 0.315. The van der Waals surface area contributed by atoms with E-state index in [1.807, 2.05) is 6.07 Å². The number of primary sulfonamides is 1. The third kappa shape index (κ3) is 2.43. The summed E-state index contributed by atoms with van der Waals surface area (Å²) < 4.78 is 26.5. The number of sulfonamides is 1. The average molecular weight is 304 g/mol. The van der Waals surface area contributed by atoms with E-state index >= 15 is 0 Å². The number of nitrogens with zero attached hydrogens (tertiary/aromatic N) is 5. The fourth-order valence-corrected chi connectivity index (χ4v) is 2.56. The van der Waals surface area contributed by atoms with Gasteiger partial charge >= 0.3 is 0 Å². The molecular formula is C12H12N6O2S. The number of benzene rings is 1. The standard InChI is InChI=1S/C12H12N6O2S/c1-17-7-10(14-8-17)11-15-16-12(21(13,19)20)18(11)9-5-3-2-4-6-9/h2-8H,1H3,(H2,13,19,20). The first-order chi connectivity index (χ1) is 9.97. The van der Waals surface area contributed by atoms with Crippen LogP contribution in [0.2, 0.25) is 0 Å². The highest BCUT2D eigenvalue weighted by Crippen LogP contribution is 2.22. The highest BCUT2D eigenvalue weighted by molar-refractivity contribution is 7.89. The normalized spacial score (nSPS) is 11.7. The zero-order valence-electron chi connectivity index (χ0n) is 11.1. The number of aromatic nitrogens is 5. The summed E-state index contributed by atoms with van der Waals surface area (Å²) in [5, 5.41) is 12.5. The molecule has 3 aromatic rings. The lowest BCUT2D eigenvalue weighted by Crippen LogP contribution is -2.18. The second-order valence-corrected chi connectivity index (χ2v) is 5.90. The zero-order valence-corrected chi connectivity index (χ0v) is 11.9. The highest BCUT2D eigenvalue weighted by atomic mass is 32.2. The summed E-state index contributed by atoms with van der Waals surface area (Å²) >= 11 is 0. The monoisotopic (exact) mass is 304 g/mol. The van der Waals surface area contributed by atoms with Crippen molar-refractivity contribution in [1.82, 2.24) is 24.3 Å². The topological polar surface area (TPSA) is 109 Å². The van der Waals surface area contributed by atoms with E-state index in [4.69, 9.17) is 5.14 Å². The second-order valence-electron chi connectivity index (χ2n) is 4.45. The number of hydrogen-bond acceptors (Lipinski definition) is 5. The summed E-state index contributed by atoms with van der Waals surface area (Å²) in [6, 6.07) is 8.87. The van der Waals surface area contributed by atoms with Gasteiger partial charge in [0.05, 0.1) is 12.0 Å². The van der Waals surface area contributed by atoms with Crippen molar-refractivity contribution in [2.75, 3.05) is 0 Å². The Balaban J connectivity index is 2.30. The number of rotatable bonds is 3.